The highest BCUT2D eigenvalue weighted by Crippen LogP contribution is 2.23. The van der Waals surface area contributed by atoms with E-state index in [4.69, 9.17) is 9.47 Å². The van der Waals surface area contributed by atoms with E-state index in [-0.39, 0.29) is 12.8 Å². The van der Waals surface area contributed by atoms with Crippen LogP contribution in [-0.4, -0.2) is 110 Å². The topological polar surface area (TPSA) is 189 Å². The first-order valence-corrected chi connectivity index (χ1v) is 25.0. The minimum absolute atomic E-state index is 0.0394. The van der Waals surface area contributed by atoms with Crippen LogP contribution in [0, 0.1) is 0 Å². The minimum Gasteiger partial charge on any atom is -0.394 e. The Bertz CT molecular complexity index is 1150. The Morgan fingerprint density at radius 1 is 0.581 bits per heavy atom. The number of ether oxygens (including phenoxy) is 2. The maximum Gasteiger partial charge on any atom is 0.249 e. The van der Waals surface area contributed by atoms with Crippen LogP contribution < -0.4 is 5.32 Å². The van der Waals surface area contributed by atoms with Crippen LogP contribution in [0.2, 0.25) is 0 Å². The van der Waals surface area contributed by atoms with Crippen molar-refractivity contribution in [3.63, 3.8) is 0 Å². The summed E-state index contributed by atoms with van der Waals surface area (Å²) < 4.78 is 11.0. The van der Waals surface area contributed by atoms with Crippen LogP contribution in [0.1, 0.15) is 200 Å². The first-order valence-electron chi connectivity index (χ1n) is 25.0. The van der Waals surface area contributed by atoms with Gasteiger partial charge in [-0.1, -0.05) is 178 Å². The van der Waals surface area contributed by atoms with E-state index in [0.717, 1.165) is 25.7 Å². The normalized spacial score (nSPS) is 21.7. The maximum absolute atomic E-state index is 13.0. The van der Waals surface area contributed by atoms with E-state index in [1.165, 1.54) is 128 Å². The average molecular weight is 880 g/mol. The number of carbonyl (C=O) groups excluding carboxylic acids is 1. The molecular formula is C51H93NO10. The molecule has 0 saturated carbocycles. The first-order chi connectivity index (χ1) is 30.2. The van der Waals surface area contributed by atoms with Crippen LogP contribution >= 0.6 is 0 Å². The van der Waals surface area contributed by atoms with Crippen LogP contribution in [-0.2, 0) is 14.3 Å². The van der Waals surface area contributed by atoms with Crippen molar-refractivity contribution < 1.29 is 50.0 Å². The molecule has 1 aliphatic rings. The lowest BCUT2D eigenvalue weighted by molar-refractivity contribution is -0.303. The summed E-state index contributed by atoms with van der Waals surface area (Å²) >= 11 is 0. The van der Waals surface area contributed by atoms with E-state index in [2.05, 4.69) is 55.6 Å². The van der Waals surface area contributed by atoms with Crippen molar-refractivity contribution in [3.8, 4) is 0 Å². The fourth-order valence-corrected chi connectivity index (χ4v) is 7.68. The highest BCUT2D eigenvalue weighted by Gasteiger charge is 2.44. The third-order valence-electron chi connectivity index (χ3n) is 11.8. The predicted molar refractivity (Wildman–Crippen MR) is 251 cm³/mol. The Morgan fingerprint density at radius 3 is 1.55 bits per heavy atom. The van der Waals surface area contributed by atoms with Crippen molar-refractivity contribution in [2.75, 3.05) is 13.2 Å². The fraction of sp³-hybridized carbons (Fsp3) is 0.824. The predicted octanol–water partition coefficient (Wildman–Crippen LogP) is 8.95. The monoisotopic (exact) mass is 880 g/mol. The molecule has 11 heteroatoms. The summed E-state index contributed by atoms with van der Waals surface area (Å²) in [5.41, 5.74) is 0. The molecule has 1 amide bonds. The highest BCUT2D eigenvalue weighted by molar-refractivity contribution is 5.81. The van der Waals surface area contributed by atoms with Crippen molar-refractivity contribution in [2.45, 2.75) is 255 Å². The van der Waals surface area contributed by atoms with Crippen molar-refractivity contribution >= 4 is 5.91 Å². The van der Waals surface area contributed by atoms with E-state index in [1.807, 2.05) is 6.08 Å². The number of hydrogen-bond acceptors (Lipinski definition) is 10. The van der Waals surface area contributed by atoms with Gasteiger partial charge in [-0.15, -0.1) is 0 Å². The number of aliphatic hydroxyl groups excluding tert-OH is 7. The number of rotatable bonds is 41. The van der Waals surface area contributed by atoms with Crippen molar-refractivity contribution in [1.82, 2.24) is 5.32 Å². The van der Waals surface area contributed by atoms with E-state index >= 15 is 0 Å². The molecule has 9 atom stereocenters. The molecule has 1 rings (SSSR count). The van der Waals surface area contributed by atoms with E-state index < -0.39 is 74.2 Å². The Morgan fingerprint density at radius 2 is 1.03 bits per heavy atom. The lowest BCUT2D eigenvalue weighted by Crippen LogP contribution is -2.60. The number of amides is 1. The number of hydrogen-bond donors (Lipinski definition) is 8. The van der Waals surface area contributed by atoms with Gasteiger partial charge in [-0.25, -0.2) is 0 Å². The zero-order chi connectivity index (χ0) is 45.5. The molecule has 0 radical (unpaired) electrons. The van der Waals surface area contributed by atoms with Gasteiger partial charge in [0.25, 0.3) is 0 Å². The summed E-state index contributed by atoms with van der Waals surface area (Å²) in [6.45, 7) is 3.37. The molecule has 11 nitrogen and oxygen atoms in total. The Hall–Kier alpha value is -1.93. The Kier molecular flexibility index (Phi) is 38.0. The van der Waals surface area contributed by atoms with Crippen LogP contribution in [0.3, 0.4) is 0 Å². The van der Waals surface area contributed by atoms with Crippen LogP contribution in [0.4, 0.5) is 0 Å². The van der Waals surface area contributed by atoms with Gasteiger partial charge in [-0.2, -0.15) is 0 Å². The lowest BCUT2D eigenvalue weighted by atomic mass is 9.99. The minimum atomic E-state index is -1.68. The third-order valence-corrected chi connectivity index (χ3v) is 11.8. The summed E-state index contributed by atoms with van der Waals surface area (Å²) in [6, 6.07) is -1.22. The largest absolute Gasteiger partial charge is 0.394 e. The van der Waals surface area contributed by atoms with E-state index in [9.17, 15) is 40.5 Å². The Labute approximate surface area is 377 Å². The maximum atomic E-state index is 13.0. The molecule has 9 unspecified atom stereocenters. The van der Waals surface area contributed by atoms with Gasteiger partial charge in [0, 0.05) is 6.42 Å². The van der Waals surface area contributed by atoms with Crippen LogP contribution in [0.25, 0.3) is 0 Å². The summed E-state index contributed by atoms with van der Waals surface area (Å²) in [5.74, 6) is -0.779. The van der Waals surface area contributed by atoms with Crippen molar-refractivity contribution in [2.24, 2.45) is 0 Å². The molecule has 362 valence electrons. The lowest BCUT2D eigenvalue weighted by Gasteiger charge is -2.40. The third kappa shape index (κ3) is 29.5. The zero-order valence-corrected chi connectivity index (χ0v) is 39.1. The van der Waals surface area contributed by atoms with Gasteiger partial charge in [0.15, 0.2) is 6.29 Å². The summed E-state index contributed by atoms with van der Waals surface area (Å²) in [4.78, 5) is 13.0. The molecule has 0 spiro atoms. The Balaban J connectivity index is 2.44. The molecule has 0 aromatic rings. The molecule has 1 saturated heterocycles. The van der Waals surface area contributed by atoms with Gasteiger partial charge in [0.2, 0.25) is 5.91 Å². The second-order valence-electron chi connectivity index (χ2n) is 17.5. The van der Waals surface area contributed by atoms with E-state index in [1.54, 1.807) is 6.08 Å². The molecule has 0 bridgehead atoms. The molecule has 62 heavy (non-hydrogen) atoms. The number of carbonyl (C=O) groups is 1. The standard InChI is InChI=1S/C51H93NO10/c1-3-5-7-9-11-13-15-17-18-19-20-21-22-23-24-25-26-27-29-30-32-34-36-38-43(54)46(56)42(41-61-51-49(59)48(58)47(57)45(40-53)62-51)52-50(60)44(55)39-37-35-33-31-28-16-14-12-10-8-6-4-2/h25-26,28,30-32,35,37,42-49,51,53-59H,3-24,27,29,33-34,36,38-41H2,1-2H3,(H,52,60)/b26-25+,31-28-,32-30+,37-35-. The van der Waals surface area contributed by atoms with Crippen LogP contribution in [0.15, 0.2) is 48.6 Å². The SMILES string of the molecule is CCCCCCCC/C=C\C/C=C\CC(O)C(=O)NC(COC1OC(CO)C(O)C(O)C1O)C(O)C(O)CCC/C=C/CC/C=C/CCCCCCCCCCCCCCCC. The second kappa shape index (κ2) is 40.6. The molecule has 1 heterocycles. The molecule has 0 aliphatic carbocycles. The quantitative estimate of drug-likeness (QED) is 0.0218. The number of nitrogens with one attached hydrogen (secondary N) is 1. The van der Waals surface area contributed by atoms with Crippen LogP contribution in [0.5, 0.6) is 0 Å². The number of unbranched alkanes of at least 4 members (excludes halogenated alkanes) is 22. The molecule has 8 N–H and O–H groups in total. The van der Waals surface area contributed by atoms with E-state index in [0.29, 0.717) is 19.3 Å². The highest BCUT2D eigenvalue weighted by atomic mass is 16.7. The number of aliphatic hydroxyl groups is 7. The number of allylic oxidation sites excluding steroid dienone is 7. The van der Waals surface area contributed by atoms with Crippen molar-refractivity contribution in [3.05, 3.63) is 48.6 Å². The summed E-state index contributed by atoms with van der Waals surface area (Å²) in [7, 11) is 0. The summed E-state index contributed by atoms with van der Waals surface area (Å²) in [6.07, 6.45) is 37.7. The van der Waals surface area contributed by atoms with Gasteiger partial charge >= 0.3 is 0 Å². The molecule has 1 fully saturated rings. The molecule has 1 aliphatic heterocycles. The molecule has 0 aromatic heterocycles. The van der Waals surface area contributed by atoms with Gasteiger partial charge in [-0.05, 0) is 64.2 Å². The smallest absolute Gasteiger partial charge is 0.249 e. The average Bonchev–Trinajstić information content (AvgIpc) is 3.27. The first kappa shape index (κ1) is 58.1. The van der Waals surface area contributed by atoms with Gasteiger partial charge in [0.1, 0.15) is 36.6 Å². The van der Waals surface area contributed by atoms with Gasteiger partial charge in [0.05, 0.1) is 25.4 Å². The second-order valence-corrected chi connectivity index (χ2v) is 17.5. The van der Waals surface area contributed by atoms with Gasteiger partial charge in [-0.3, -0.25) is 4.79 Å². The van der Waals surface area contributed by atoms with Gasteiger partial charge < -0.3 is 50.5 Å². The van der Waals surface area contributed by atoms with Crippen molar-refractivity contribution in [1.29, 1.82) is 0 Å². The fourth-order valence-electron chi connectivity index (χ4n) is 7.68. The zero-order valence-electron chi connectivity index (χ0n) is 39.1. The molecule has 0 aromatic carbocycles. The molecular weight excluding hydrogens is 787 g/mol. The summed E-state index contributed by atoms with van der Waals surface area (Å²) in [5, 5.41) is 75.5.